The highest BCUT2D eigenvalue weighted by molar-refractivity contribution is 5.86. The predicted octanol–water partition coefficient (Wildman–Crippen LogP) is 9.40. The van der Waals surface area contributed by atoms with Crippen LogP contribution in [0.15, 0.2) is 30.5 Å². The minimum Gasteiger partial charge on any atom is -0.379 e. The molecule has 0 saturated heterocycles. The van der Waals surface area contributed by atoms with Gasteiger partial charge in [0.2, 0.25) is 5.91 Å². The van der Waals surface area contributed by atoms with Crippen molar-refractivity contribution < 1.29 is 14.3 Å². The van der Waals surface area contributed by atoms with E-state index in [-0.39, 0.29) is 12.0 Å². The summed E-state index contributed by atoms with van der Waals surface area (Å²) in [6, 6.07) is 7.51. The Morgan fingerprint density at radius 3 is 1.86 bits per heavy atom. The Bertz CT molecular complexity index is 946. The van der Waals surface area contributed by atoms with Gasteiger partial charge >= 0.3 is 0 Å². The first-order chi connectivity index (χ1) is 21.7. The standard InChI is InChI=1S/C38H67N3O3/c1-3-5-7-9-11-13-15-17-19-23-27-43-32-34(44-28-24-20-18-16-14-12-10-8-6-4-2)31-41-38(42)36(39)29-33-30-40-37-26-22-21-25-35(33)37/h21-22,25-26,30,34,36,40H,3-20,23-24,27-29,31-32,39H2,1-2H3,(H,41,42)/t34?,36-/m0/s1. The topological polar surface area (TPSA) is 89.4 Å². The summed E-state index contributed by atoms with van der Waals surface area (Å²) in [5, 5.41) is 4.17. The van der Waals surface area contributed by atoms with Crippen LogP contribution in [0.25, 0.3) is 10.9 Å². The van der Waals surface area contributed by atoms with Crippen LogP contribution < -0.4 is 11.1 Å². The third-order valence-corrected chi connectivity index (χ3v) is 8.75. The molecule has 2 atom stereocenters. The summed E-state index contributed by atoms with van der Waals surface area (Å²) in [7, 11) is 0. The van der Waals surface area contributed by atoms with Gasteiger partial charge in [-0.2, -0.15) is 0 Å². The lowest BCUT2D eigenvalue weighted by molar-refractivity contribution is -0.123. The van der Waals surface area contributed by atoms with E-state index in [9.17, 15) is 4.79 Å². The molecule has 1 heterocycles. The minimum atomic E-state index is -0.607. The third kappa shape index (κ3) is 18.2. The number of benzene rings is 1. The van der Waals surface area contributed by atoms with Crippen molar-refractivity contribution in [2.24, 2.45) is 5.73 Å². The quantitative estimate of drug-likeness (QED) is 0.0766. The number of hydrogen-bond acceptors (Lipinski definition) is 4. The number of carbonyl (C=O) groups excluding carboxylic acids is 1. The fourth-order valence-corrected chi connectivity index (χ4v) is 5.89. The summed E-state index contributed by atoms with van der Waals surface area (Å²) in [6.07, 6.45) is 28.5. The van der Waals surface area contributed by atoms with Crippen molar-refractivity contribution in [2.75, 3.05) is 26.4 Å². The summed E-state index contributed by atoms with van der Waals surface area (Å²) < 4.78 is 12.3. The van der Waals surface area contributed by atoms with Crippen LogP contribution in [0.3, 0.4) is 0 Å². The van der Waals surface area contributed by atoms with E-state index in [0.717, 1.165) is 35.9 Å². The second kappa shape index (κ2) is 26.3. The van der Waals surface area contributed by atoms with E-state index in [1.807, 2.05) is 24.4 Å². The molecular weight excluding hydrogens is 546 g/mol. The Kier molecular flexibility index (Phi) is 22.9. The van der Waals surface area contributed by atoms with Gasteiger partial charge in [0.25, 0.3) is 0 Å². The van der Waals surface area contributed by atoms with Gasteiger partial charge < -0.3 is 25.5 Å². The normalized spacial score (nSPS) is 13.0. The van der Waals surface area contributed by atoms with Crippen LogP contribution in [0.4, 0.5) is 0 Å². The first kappa shape index (κ1) is 38.3. The molecule has 1 aromatic heterocycles. The van der Waals surface area contributed by atoms with Gasteiger partial charge in [0.1, 0.15) is 0 Å². The second-order valence-corrected chi connectivity index (χ2v) is 12.8. The Morgan fingerprint density at radius 1 is 0.750 bits per heavy atom. The van der Waals surface area contributed by atoms with Gasteiger partial charge in [0.15, 0.2) is 0 Å². The number of fused-ring (bicyclic) bond motifs is 1. The van der Waals surface area contributed by atoms with Gasteiger partial charge in [0.05, 0.1) is 18.8 Å². The van der Waals surface area contributed by atoms with Crippen molar-refractivity contribution in [1.82, 2.24) is 10.3 Å². The summed E-state index contributed by atoms with van der Waals surface area (Å²) in [6.45, 7) is 6.94. The van der Waals surface area contributed by atoms with Gasteiger partial charge in [-0.3, -0.25) is 4.79 Å². The SMILES string of the molecule is CCCCCCCCCCCCOCC(CNC(=O)[C@@H](N)Cc1c[nH]c2ccccc12)OCCCCCCCCCCCC. The Hall–Kier alpha value is -1.89. The molecule has 2 aromatic rings. The molecule has 0 aliphatic carbocycles. The molecule has 1 amide bonds. The molecule has 0 radical (unpaired) electrons. The molecule has 2 rings (SSSR count). The van der Waals surface area contributed by atoms with Crippen molar-refractivity contribution in [2.45, 2.75) is 161 Å². The number of amides is 1. The zero-order chi connectivity index (χ0) is 31.5. The average molecular weight is 614 g/mol. The second-order valence-electron chi connectivity index (χ2n) is 12.8. The summed E-state index contributed by atoms with van der Waals surface area (Å²) in [4.78, 5) is 16.2. The number of aromatic amines is 1. The van der Waals surface area contributed by atoms with Gasteiger partial charge in [0, 0.05) is 36.9 Å². The molecule has 0 aliphatic rings. The van der Waals surface area contributed by atoms with Crippen LogP contribution in [0.2, 0.25) is 0 Å². The molecule has 252 valence electrons. The van der Waals surface area contributed by atoms with Gasteiger partial charge in [-0.1, -0.05) is 148 Å². The molecule has 1 unspecified atom stereocenters. The van der Waals surface area contributed by atoms with Crippen LogP contribution in [-0.2, 0) is 20.7 Å². The molecule has 0 saturated carbocycles. The lowest BCUT2D eigenvalue weighted by Crippen LogP contribution is -2.45. The largest absolute Gasteiger partial charge is 0.379 e. The number of carbonyl (C=O) groups is 1. The molecule has 0 spiro atoms. The predicted molar refractivity (Wildman–Crippen MR) is 187 cm³/mol. The van der Waals surface area contributed by atoms with Crippen molar-refractivity contribution in [1.29, 1.82) is 0 Å². The summed E-state index contributed by atoms with van der Waals surface area (Å²) >= 11 is 0. The van der Waals surface area contributed by atoms with Crippen molar-refractivity contribution in [3.05, 3.63) is 36.0 Å². The maximum atomic E-state index is 12.9. The van der Waals surface area contributed by atoms with Crippen LogP contribution in [0.5, 0.6) is 0 Å². The molecule has 0 aliphatic heterocycles. The maximum Gasteiger partial charge on any atom is 0.237 e. The Balaban J connectivity index is 1.65. The van der Waals surface area contributed by atoms with E-state index >= 15 is 0 Å². The molecule has 44 heavy (non-hydrogen) atoms. The summed E-state index contributed by atoms with van der Waals surface area (Å²) in [5.74, 6) is -0.141. The molecule has 4 N–H and O–H groups in total. The molecule has 6 nitrogen and oxygen atoms in total. The van der Waals surface area contributed by atoms with Crippen molar-refractivity contribution in [3.8, 4) is 0 Å². The smallest absolute Gasteiger partial charge is 0.237 e. The zero-order valence-corrected chi connectivity index (χ0v) is 28.5. The van der Waals surface area contributed by atoms with Crippen LogP contribution in [-0.4, -0.2) is 49.4 Å². The molecule has 6 heteroatoms. The van der Waals surface area contributed by atoms with Crippen molar-refractivity contribution in [3.63, 3.8) is 0 Å². The van der Waals surface area contributed by atoms with E-state index in [4.69, 9.17) is 15.2 Å². The Morgan fingerprint density at radius 2 is 1.27 bits per heavy atom. The fraction of sp³-hybridized carbons (Fsp3) is 0.763. The lowest BCUT2D eigenvalue weighted by Gasteiger charge is -2.20. The number of para-hydroxylation sites is 1. The van der Waals surface area contributed by atoms with Gasteiger partial charge in [-0.05, 0) is 30.9 Å². The van der Waals surface area contributed by atoms with Crippen molar-refractivity contribution >= 4 is 16.8 Å². The van der Waals surface area contributed by atoms with Crippen LogP contribution in [0, 0.1) is 0 Å². The summed E-state index contributed by atoms with van der Waals surface area (Å²) in [5.41, 5.74) is 8.45. The van der Waals surface area contributed by atoms with Crippen LogP contribution >= 0.6 is 0 Å². The molecule has 0 fully saturated rings. The van der Waals surface area contributed by atoms with Crippen LogP contribution in [0.1, 0.15) is 148 Å². The highest BCUT2D eigenvalue weighted by Crippen LogP contribution is 2.19. The minimum absolute atomic E-state index is 0.141. The van der Waals surface area contributed by atoms with Gasteiger partial charge in [-0.15, -0.1) is 0 Å². The molecule has 0 bridgehead atoms. The highest BCUT2D eigenvalue weighted by Gasteiger charge is 2.18. The highest BCUT2D eigenvalue weighted by atomic mass is 16.5. The number of H-pyrrole nitrogens is 1. The first-order valence-electron chi connectivity index (χ1n) is 18.4. The molecule has 1 aromatic carbocycles. The Labute approximate surface area is 270 Å². The first-order valence-corrected chi connectivity index (χ1v) is 18.4. The lowest BCUT2D eigenvalue weighted by atomic mass is 10.1. The number of rotatable bonds is 30. The third-order valence-electron chi connectivity index (χ3n) is 8.75. The molecular formula is C38H67N3O3. The van der Waals surface area contributed by atoms with E-state index in [2.05, 4.69) is 30.2 Å². The number of nitrogens with one attached hydrogen (secondary N) is 2. The number of nitrogens with two attached hydrogens (primary N) is 1. The maximum absolute atomic E-state index is 12.9. The zero-order valence-electron chi connectivity index (χ0n) is 28.5. The number of hydrogen-bond donors (Lipinski definition) is 3. The number of ether oxygens (including phenoxy) is 2. The van der Waals surface area contributed by atoms with E-state index in [1.54, 1.807) is 0 Å². The number of unbranched alkanes of at least 4 members (excludes halogenated alkanes) is 18. The van der Waals surface area contributed by atoms with Gasteiger partial charge in [-0.25, -0.2) is 0 Å². The van der Waals surface area contributed by atoms with E-state index in [0.29, 0.717) is 26.2 Å². The van der Waals surface area contributed by atoms with E-state index < -0.39 is 6.04 Å². The van der Waals surface area contributed by atoms with E-state index in [1.165, 1.54) is 116 Å². The number of aromatic nitrogens is 1. The average Bonchev–Trinajstić information content (AvgIpc) is 3.44. The monoisotopic (exact) mass is 614 g/mol. The fourth-order valence-electron chi connectivity index (χ4n) is 5.89.